The number of thiazole rings is 1. The van der Waals surface area contributed by atoms with E-state index in [0.717, 1.165) is 28.6 Å². The summed E-state index contributed by atoms with van der Waals surface area (Å²) in [5.74, 6) is 1.36. The predicted molar refractivity (Wildman–Crippen MR) is 93.7 cm³/mol. The third-order valence-corrected chi connectivity index (χ3v) is 5.03. The Balaban J connectivity index is 1.82. The lowest BCUT2D eigenvalue weighted by Crippen LogP contribution is -2.22. The first-order valence-electron chi connectivity index (χ1n) is 7.96. The molecule has 8 heteroatoms. The molecule has 4 heterocycles. The van der Waals surface area contributed by atoms with E-state index in [1.54, 1.807) is 9.91 Å². The number of nitrogens with zero attached hydrogens (tertiary/aromatic N) is 4. The van der Waals surface area contributed by atoms with E-state index in [1.165, 1.54) is 16.0 Å². The topological polar surface area (TPSA) is 70.7 Å². The number of aryl methyl sites for hydroxylation is 1. The molecule has 0 unspecified atom stereocenters. The van der Waals surface area contributed by atoms with Crippen molar-refractivity contribution in [3.05, 3.63) is 50.8 Å². The van der Waals surface area contributed by atoms with Crippen LogP contribution < -0.4 is 15.2 Å². The maximum Gasteiger partial charge on any atom is 0.351 e. The lowest BCUT2D eigenvalue weighted by Gasteiger charge is -2.06. The second kappa shape index (κ2) is 5.32. The van der Waals surface area contributed by atoms with Gasteiger partial charge in [0.25, 0.3) is 0 Å². The number of aromatic nitrogens is 4. The highest BCUT2D eigenvalue weighted by atomic mass is 32.1. The zero-order valence-corrected chi connectivity index (χ0v) is 14.2. The van der Waals surface area contributed by atoms with Gasteiger partial charge in [-0.05, 0) is 24.1 Å². The van der Waals surface area contributed by atoms with Crippen LogP contribution in [-0.2, 0) is 13.0 Å². The molecule has 126 valence electrons. The fourth-order valence-corrected chi connectivity index (χ4v) is 3.72. The summed E-state index contributed by atoms with van der Waals surface area (Å²) in [6.07, 6.45) is 0.779. The number of benzene rings is 1. The van der Waals surface area contributed by atoms with Crippen molar-refractivity contribution in [1.82, 2.24) is 19.2 Å². The van der Waals surface area contributed by atoms with Gasteiger partial charge in [-0.15, -0.1) is 16.4 Å². The Hall–Kier alpha value is -2.87. The molecule has 0 aliphatic carbocycles. The van der Waals surface area contributed by atoms with Crippen molar-refractivity contribution in [3.8, 4) is 11.5 Å². The Labute approximate surface area is 146 Å². The molecule has 7 nitrogen and oxygen atoms in total. The number of hydrogen-bond acceptors (Lipinski definition) is 6. The van der Waals surface area contributed by atoms with Crippen LogP contribution in [0, 0.1) is 0 Å². The third kappa shape index (κ3) is 2.14. The molecule has 25 heavy (non-hydrogen) atoms. The number of ether oxygens (including phenoxy) is 2. The fourth-order valence-electron chi connectivity index (χ4n) is 3.17. The first kappa shape index (κ1) is 14.5. The molecule has 4 aromatic rings. The average Bonchev–Trinajstić information content (AvgIpc) is 3.34. The van der Waals surface area contributed by atoms with Crippen LogP contribution in [0.1, 0.15) is 18.2 Å². The first-order valence-corrected chi connectivity index (χ1v) is 8.90. The molecule has 0 atom stereocenters. The summed E-state index contributed by atoms with van der Waals surface area (Å²) in [5.41, 5.74) is 4.86. The Morgan fingerprint density at radius 3 is 2.84 bits per heavy atom. The van der Waals surface area contributed by atoms with Crippen LogP contribution in [0.5, 0.6) is 11.5 Å². The molecule has 0 radical (unpaired) electrons. The summed E-state index contributed by atoms with van der Waals surface area (Å²) in [4.78, 5) is 17.3. The van der Waals surface area contributed by atoms with Crippen LogP contribution in [0.15, 0.2) is 33.9 Å². The van der Waals surface area contributed by atoms with Crippen LogP contribution in [-0.4, -0.2) is 26.0 Å². The molecule has 0 amide bonds. The lowest BCUT2D eigenvalue weighted by molar-refractivity contribution is 0.174. The van der Waals surface area contributed by atoms with Crippen LogP contribution in [0.3, 0.4) is 0 Å². The third-order valence-electron chi connectivity index (χ3n) is 4.40. The van der Waals surface area contributed by atoms with Crippen LogP contribution >= 0.6 is 11.3 Å². The van der Waals surface area contributed by atoms with Gasteiger partial charge in [0.2, 0.25) is 6.79 Å². The van der Waals surface area contributed by atoms with E-state index in [4.69, 9.17) is 9.47 Å². The molecule has 0 N–H and O–H groups in total. The normalized spacial score (nSPS) is 13.2. The first-order chi connectivity index (χ1) is 12.2. The zero-order valence-electron chi connectivity index (χ0n) is 13.4. The van der Waals surface area contributed by atoms with Gasteiger partial charge in [-0.3, -0.25) is 0 Å². The Bertz CT molecular complexity index is 1160. The summed E-state index contributed by atoms with van der Waals surface area (Å²) in [7, 11) is 0. The molecule has 1 aliphatic rings. The monoisotopic (exact) mass is 354 g/mol. The second-order valence-corrected chi connectivity index (χ2v) is 6.59. The maximum absolute atomic E-state index is 13.0. The van der Waals surface area contributed by atoms with Crippen molar-refractivity contribution >= 4 is 27.9 Å². The van der Waals surface area contributed by atoms with E-state index in [1.807, 2.05) is 17.5 Å². The number of pyridine rings is 1. The van der Waals surface area contributed by atoms with E-state index in [2.05, 4.69) is 23.1 Å². The van der Waals surface area contributed by atoms with Crippen molar-refractivity contribution in [1.29, 1.82) is 0 Å². The Kier molecular flexibility index (Phi) is 3.08. The van der Waals surface area contributed by atoms with Crippen LogP contribution in [0.4, 0.5) is 0 Å². The minimum atomic E-state index is -0.179. The van der Waals surface area contributed by atoms with E-state index >= 15 is 0 Å². The van der Waals surface area contributed by atoms with Gasteiger partial charge in [0.15, 0.2) is 17.1 Å². The minimum absolute atomic E-state index is 0.179. The van der Waals surface area contributed by atoms with E-state index in [0.29, 0.717) is 23.7 Å². The largest absolute Gasteiger partial charge is 0.454 e. The number of fused-ring (bicyclic) bond motifs is 4. The van der Waals surface area contributed by atoms with Crippen LogP contribution in [0.2, 0.25) is 0 Å². The van der Waals surface area contributed by atoms with E-state index in [-0.39, 0.29) is 12.5 Å². The molecule has 1 aromatic carbocycles. The van der Waals surface area contributed by atoms with Gasteiger partial charge in [0.1, 0.15) is 0 Å². The molecule has 0 bridgehead atoms. The van der Waals surface area contributed by atoms with Crippen molar-refractivity contribution in [2.24, 2.45) is 0 Å². The molecule has 0 spiro atoms. The zero-order chi connectivity index (χ0) is 17.0. The molecule has 0 saturated carbocycles. The average molecular weight is 354 g/mol. The van der Waals surface area contributed by atoms with E-state index < -0.39 is 0 Å². The second-order valence-electron chi connectivity index (χ2n) is 5.87. The number of hydrogen-bond donors (Lipinski definition) is 0. The van der Waals surface area contributed by atoms with E-state index in [9.17, 15) is 4.79 Å². The molecule has 3 aromatic heterocycles. The highest BCUT2D eigenvalue weighted by Gasteiger charge is 2.19. The van der Waals surface area contributed by atoms with Crippen molar-refractivity contribution in [2.75, 3.05) is 6.79 Å². The summed E-state index contributed by atoms with van der Waals surface area (Å²) >= 11 is 1.50. The molecular formula is C17H14N4O3S. The quantitative estimate of drug-likeness (QED) is 0.565. The molecule has 0 saturated heterocycles. The van der Waals surface area contributed by atoms with Gasteiger partial charge in [-0.1, -0.05) is 6.92 Å². The van der Waals surface area contributed by atoms with Gasteiger partial charge in [-0.2, -0.15) is 0 Å². The SMILES string of the molecule is CCc1cc2cc3c(cc2n2c(=O)n(Cc4cscn4)nc12)OCO3. The smallest absolute Gasteiger partial charge is 0.351 e. The summed E-state index contributed by atoms with van der Waals surface area (Å²) < 4.78 is 14.1. The fraction of sp³-hybridized carbons (Fsp3) is 0.235. The standard InChI is InChI=1S/C17H14N4O3S/c1-2-10-3-11-4-14-15(24-9-23-14)5-13(11)21-16(10)19-20(17(21)22)6-12-7-25-8-18-12/h3-5,7-8H,2,6,9H2,1H3. The highest BCUT2D eigenvalue weighted by Crippen LogP contribution is 2.36. The van der Waals surface area contributed by atoms with Gasteiger partial charge < -0.3 is 9.47 Å². The van der Waals surface area contributed by atoms with Crippen molar-refractivity contribution in [3.63, 3.8) is 0 Å². The molecular weight excluding hydrogens is 340 g/mol. The van der Waals surface area contributed by atoms with Gasteiger partial charge in [0, 0.05) is 16.8 Å². The maximum atomic E-state index is 13.0. The Morgan fingerprint density at radius 1 is 1.24 bits per heavy atom. The Morgan fingerprint density at radius 2 is 2.08 bits per heavy atom. The number of rotatable bonds is 3. The van der Waals surface area contributed by atoms with Crippen molar-refractivity contribution < 1.29 is 9.47 Å². The predicted octanol–water partition coefficient (Wildman–Crippen LogP) is 2.45. The molecule has 5 rings (SSSR count). The van der Waals surface area contributed by atoms with Crippen LogP contribution in [0.25, 0.3) is 16.6 Å². The minimum Gasteiger partial charge on any atom is -0.454 e. The summed E-state index contributed by atoms with van der Waals surface area (Å²) in [6, 6.07) is 5.83. The van der Waals surface area contributed by atoms with Gasteiger partial charge in [0.05, 0.1) is 23.3 Å². The highest BCUT2D eigenvalue weighted by molar-refractivity contribution is 7.07. The lowest BCUT2D eigenvalue weighted by atomic mass is 10.1. The molecule has 1 aliphatic heterocycles. The van der Waals surface area contributed by atoms with Gasteiger partial charge >= 0.3 is 5.69 Å². The van der Waals surface area contributed by atoms with Crippen molar-refractivity contribution in [2.45, 2.75) is 19.9 Å². The molecule has 0 fully saturated rings. The summed E-state index contributed by atoms with van der Waals surface area (Å²) in [5, 5.41) is 7.42. The van der Waals surface area contributed by atoms with Gasteiger partial charge in [-0.25, -0.2) is 18.9 Å². The summed E-state index contributed by atoms with van der Waals surface area (Å²) in [6.45, 7) is 2.62.